The van der Waals surface area contributed by atoms with Gasteiger partial charge >= 0.3 is 11.2 Å². The van der Waals surface area contributed by atoms with E-state index in [2.05, 4.69) is 4.98 Å². The molecular formula is C9H12N2O6. The smallest absolute Gasteiger partial charge is 0.334 e. The van der Waals surface area contributed by atoms with Gasteiger partial charge in [-0.05, 0) is 6.42 Å². The molecule has 0 bridgehead atoms. The molecule has 2 atom stereocenters. The Hall–Kier alpha value is -1.77. The molecule has 0 saturated heterocycles. The van der Waals surface area contributed by atoms with Crippen LogP contribution in [0.4, 0.5) is 5.69 Å². The van der Waals surface area contributed by atoms with Crippen LogP contribution in [0, 0.1) is 10.1 Å². The maximum Gasteiger partial charge on any atom is 0.334 e. The fourth-order valence-corrected chi connectivity index (χ4v) is 1.31. The molecule has 1 rings (SSSR count). The van der Waals surface area contributed by atoms with E-state index in [1.807, 2.05) is 0 Å². The molecule has 0 spiro atoms. The highest BCUT2D eigenvalue weighted by Crippen LogP contribution is 2.19. The number of hydrogen-bond donors (Lipinski definition) is 4. The predicted octanol–water partition coefficient (Wildman–Crippen LogP) is -0.940. The molecule has 0 saturated carbocycles. The molecule has 1 aromatic heterocycles. The van der Waals surface area contributed by atoms with Crippen LogP contribution < -0.4 is 5.56 Å². The van der Waals surface area contributed by atoms with Crippen molar-refractivity contribution in [3.05, 3.63) is 38.3 Å². The lowest BCUT2D eigenvalue weighted by Gasteiger charge is -2.16. The second kappa shape index (κ2) is 5.53. The van der Waals surface area contributed by atoms with Crippen LogP contribution >= 0.6 is 0 Å². The van der Waals surface area contributed by atoms with Crippen LogP contribution in [0.15, 0.2) is 17.1 Å². The summed E-state index contributed by atoms with van der Waals surface area (Å²) >= 11 is 0. The van der Waals surface area contributed by atoms with E-state index in [4.69, 9.17) is 5.11 Å². The summed E-state index contributed by atoms with van der Waals surface area (Å²) in [4.78, 5) is 22.8. The number of aliphatic hydroxyl groups is 3. The number of hydrogen-bond acceptors (Lipinski definition) is 6. The standard InChI is InChI=1S/C9H12N2O6/c12-2-1-7(13)8(14)5-3-6(11(16)17)9(15)10-4-5/h3-4,7-8,12-14H,1-2H2,(H,10,15). The van der Waals surface area contributed by atoms with Crippen LogP contribution in [0.3, 0.4) is 0 Å². The van der Waals surface area contributed by atoms with Crippen LogP contribution in [-0.4, -0.2) is 37.9 Å². The van der Waals surface area contributed by atoms with Crippen molar-refractivity contribution in [2.45, 2.75) is 18.6 Å². The van der Waals surface area contributed by atoms with Crippen molar-refractivity contribution in [1.82, 2.24) is 4.98 Å². The lowest BCUT2D eigenvalue weighted by Crippen LogP contribution is -2.21. The van der Waals surface area contributed by atoms with Gasteiger partial charge in [0, 0.05) is 24.4 Å². The zero-order valence-corrected chi connectivity index (χ0v) is 8.74. The molecule has 2 unspecified atom stereocenters. The number of nitrogens with one attached hydrogen (secondary N) is 1. The second-order valence-corrected chi connectivity index (χ2v) is 3.43. The number of aromatic amines is 1. The van der Waals surface area contributed by atoms with E-state index in [9.17, 15) is 25.1 Å². The molecule has 17 heavy (non-hydrogen) atoms. The van der Waals surface area contributed by atoms with Crippen molar-refractivity contribution >= 4 is 5.69 Å². The van der Waals surface area contributed by atoms with E-state index >= 15 is 0 Å². The molecule has 0 radical (unpaired) electrons. The molecule has 0 aliphatic rings. The third kappa shape index (κ3) is 3.09. The number of rotatable bonds is 5. The topological polar surface area (TPSA) is 137 Å². The van der Waals surface area contributed by atoms with Crippen molar-refractivity contribution in [2.24, 2.45) is 0 Å². The van der Waals surface area contributed by atoms with E-state index < -0.39 is 28.4 Å². The van der Waals surface area contributed by atoms with E-state index in [-0.39, 0.29) is 18.6 Å². The highest BCUT2D eigenvalue weighted by atomic mass is 16.6. The summed E-state index contributed by atoms with van der Waals surface area (Å²) in [5.41, 5.74) is -1.59. The summed E-state index contributed by atoms with van der Waals surface area (Å²) in [5.74, 6) is 0. The molecule has 8 nitrogen and oxygen atoms in total. The Bertz CT molecular complexity index is 457. The minimum Gasteiger partial charge on any atom is -0.396 e. The van der Waals surface area contributed by atoms with Crippen molar-refractivity contribution in [2.75, 3.05) is 6.61 Å². The van der Waals surface area contributed by atoms with E-state index in [0.29, 0.717) is 0 Å². The molecule has 0 aliphatic carbocycles. The SMILES string of the molecule is O=c1[nH]cc(C(O)C(O)CCO)cc1[N+](=O)[O-]. The van der Waals surface area contributed by atoms with Crippen molar-refractivity contribution < 1.29 is 20.2 Å². The first kappa shape index (κ1) is 13.3. The van der Waals surface area contributed by atoms with Crippen LogP contribution in [-0.2, 0) is 0 Å². The molecule has 4 N–H and O–H groups in total. The predicted molar refractivity (Wildman–Crippen MR) is 56.4 cm³/mol. The fourth-order valence-electron chi connectivity index (χ4n) is 1.31. The third-order valence-electron chi connectivity index (χ3n) is 2.23. The van der Waals surface area contributed by atoms with Gasteiger partial charge in [-0.3, -0.25) is 14.9 Å². The van der Waals surface area contributed by atoms with Gasteiger partial charge in [-0.2, -0.15) is 0 Å². The van der Waals surface area contributed by atoms with Gasteiger partial charge in [-0.25, -0.2) is 0 Å². The number of aliphatic hydroxyl groups excluding tert-OH is 3. The lowest BCUT2D eigenvalue weighted by atomic mass is 10.0. The van der Waals surface area contributed by atoms with Gasteiger partial charge in [0.05, 0.1) is 11.0 Å². The maximum atomic E-state index is 11.0. The summed E-state index contributed by atoms with van der Waals surface area (Å²) in [6.07, 6.45) is -1.66. The number of pyridine rings is 1. The molecule has 0 aliphatic heterocycles. The fraction of sp³-hybridized carbons (Fsp3) is 0.444. The Kier molecular flexibility index (Phi) is 4.32. The molecule has 0 aromatic carbocycles. The van der Waals surface area contributed by atoms with Gasteiger partial charge in [0.1, 0.15) is 6.10 Å². The Morgan fingerprint density at radius 2 is 2.12 bits per heavy atom. The normalized spacial score (nSPS) is 14.3. The monoisotopic (exact) mass is 244 g/mol. The van der Waals surface area contributed by atoms with Crippen LogP contribution in [0.1, 0.15) is 18.1 Å². The van der Waals surface area contributed by atoms with Gasteiger partial charge in [0.2, 0.25) is 0 Å². The first-order chi connectivity index (χ1) is 7.97. The summed E-state index contributed by atoms with van der Waals surface area (Å²) in [6, 6.07) is 0.893. The summed E-state index contributed by atoms with van der Waals surface area (Å²) in [5, 5.41) is 38.1. The second-order valence-electron chi connectivity index (χ2n) is 3.43. The molecule has 1 aromatic rings. The van der Waals surface area contributed by atoms with Gasteiger partial charge in [0.25, 0.3) is 0 Å². The lowest BCUT2D eigenvalue weighted by molar-refractivity contribution is -0.386. The number of nitro groups is 1. The Balaban J connectivity index is 3.03. The zero-order chi connectivity index (χ0) is 13.0. The number of nitrogens with zero attached hydrogens (tertiary/aromatic N) is 1. The summed E-state index contributed by atoms with van der Waals surface area (Å²) in [7, 11) is 0. The quantitative estimate of drug-likeness (QED) is 0.389. The highest BCUT2D eigenvalue weighted by Gasteiger charge is 2.21. The zero-order valence-electron chi connectivity index (χ0n) is 8.74. The molecular weight excluding hydrogens is 232 g/mol. The molecule has 0 fully saturated rings. The highest BCUT2D eigenvalue weighted by molar-refractivity contribution is 5.31. The van der Waals surface area contributed by atoms with E-state index in [1.165, 1.54) is 0 Å². The Morgan fingerprint density at radius 1 is 1.47 bits per heavy atom. The van der Waals surface area contributed by atoms with Crippen molar-refractivity contribution in [1.29, 1.82) is 0 Å². The van der Waals surface area contributed by atoms with Crippen molar-refractivity contribution in [3.8, 4) is 0 Å². The average molecular weight is 244 g/mol. The first-order valence-corrected chi connectivity index (χ1v) is 4.81. The van der Waals surface area contributed by atoms with E-state index in [0.717, 1.165) is 12.3 Å². The van der Waals surface area contributed by atoms with Gasteiger partial charge in [-0.1, -0.05) is 0 Å². The van der Waals surface area contributed by atoms with Gasteiger partial charge in [-0.15, -0.1) is 0 Å². The average Bonchev–Trinajstić information content (AvgIpc) is 2.28. The minimum absolute atomic E-state index is 0.0113. The van der Waals surface area contributed by atoms with E-state index in [1.54, 1.807) is 0 Å². The molecule has 8 heteroatoms. The largest absolute Gasteiger partial charge is 0.396 e. The maximum absolute atomic E-state index is 11.0. The molecule has 94 valence electrons. The Morgan fingerprint density at radius 3 is 2.65 bits per heavy atom. The minimum atomic E-state index is -1.40. The number of H-pyrrole nitrogens is 1. The summed E-state index contributed by atoms with van der Waals surface area (Å²) in [6.45, 7) is -0.330. The molecule has 0 amide bonds. The van der Waals surface area contributed by atoms with Crippen LogP contribution in [0.5, 0.6) is 0 Å². The Labute approximate surface area is 95.3 Å². The first-order valence-electron chi connectivity index (χ1n) is 4.81. The molecule has 1 heterocycles. The third-order valence-corrected chi connectivity index (χ3v) is 2.23. The van der Waals surface area contributed by atoms with Gasteiger partial charge < -0.3 is 20.3 Å². The van der Waals surface area contributed by atoms with Crippen molar-refractivity contribution in [3.63, 3.8) is 0 Å². The van der Waals surface area contributed by atoms with Gasteiger partial charge in [0.15, 0.2) is 0 Å². The summed E-state index contributed by atoms with van der Waals surface area (Å²) < 4.78 is 0. The number of aromatic nitrogens is 1. The van der Waals surface area contributed by atoms with Crippen LogP contribution in [0.2, 0.25) is 0 Å². The van der Waals surface area contributed by atoms with Crippen LogP contribution in [0.25, 0.3) is 0 Å².